The van der Waals surface area contributed by atoms with Crippen molar-refractivity contribution in [1.29, 1.82) is 0 Å². The van der Waals surface area contributed by atoms with Crippen molar-refractivity contribution in [3.63, 3.8) is 0 Å². The number of carboxylic acid groups (broad SMARTS) is 1. The first-order valence-electron chi connectivity index (χ1n) is 4.93. The summed E-state index contributed by atoms with van der Waals surface area (Å²) in [6.07, 6.45) is 5.19. The summed E-state index contributed by atoms with van der Waals surface area (Å²) in [5.74, 6) is -1.00. The molecule has 1 aromatic heterocycles. The van der Waals surface area contributed by atoms with Crippen molar-refractivity contribution in [3.05, 3.63) is 24.3 Å². The molecule has 2 rings (SSSR count). The van der Waals surface area contributed by atoms with Crippen LogP contribution in [0.25, 0.3) is 0 Å². The monoisotopic (exact) mass is 221 g/mol. The number of carbonyl (C=O) groups is 1. The Hall–Kier alpha value is -1.98. The Labute approximate surface area is 92.0 Å². The maximum absolute atomic E-state index is 11.1. The van der Waals surface area contributed by atoms with E-state index in [1.807, 2.05) is 0 Å². The molecule has 0 fully saturated rings. The van der Waals surface area contributed by atoms with Crippen LogP contribution in [-0.4, -0.2) is 32.4 Å². The first-order chi connectivity index (χ1) is 7.68. The van der Waals surface area contributed by atoms with E-state index in [2.05, 4.69) is 15.1 Å². The van der Waals surface area contributed by atoms with E-state index >= 15 is 0 Å². The molecule has 6 nitrogen and oxygen atoms in total. The molecule has 1 aromatic rings. The number of hydrogen-bond acceptors (Lipinski definition) is 5. The largest absolute Gasteiger partial charge is 0.478 e. The van der Waals surface area contributed by atoms with Gasteiger partial charge in [-0.1, -0.05) is 12.1 Å². The average molecular weight is 221 g/mol. The van der Waals surface area contributed by atoms with Gasteiger partial charge in [0.1, 0.15) is 11.4 Å². The zero-order chi connectivity index (χ0) is 11.6. The van der Waals surface area contributed by atoms with Gasteiger partial charge in [0.05, 0.1) is 6.20 Å². The molecule has 0 amide bonds. The van der Waals surface area contributed by atoms with Crippen LogP contribution < -0.4 is 0 Å². The minimum absolute atomic E-state index is 0.220. The van der Waals surface area contributed by atoms with Crippen LogP contribution in [0.2, 0.25) is 0 Å². The summed E-state index contributed by atoms with van der Waals surface area (Å²) >= 11 is 0. The molecule has 0 aromatic carbocycles. The Morgan fingerprint density at radius 1 is 1.62 bits per heavy atom. The van der Waals surface area contributed by atoms with Crippen molar-refractivity contribution in [2.75, 3.05) is 0 Å². The molecule has 0 spiro atoms. The van der Waals surface area contributed by atoms with Crippen LogP contribution in [0.15, 0.2) is 23.7 Å². The van der Waals surface area contributed by atoms with E-state index in [4.69, 9.17) is 9.94 Å². The Balaban J connectivity index is 2.22. The van der Waals surface area contributed by atoms with E-state index < -0.39 is 11.6 Å². The van der Waals surface area contributed by atoms with Crippen molar-refractivity contribution in [1.82, 2.24) is 9.97 Å². The molecular formula is C10H11N3O3. The van der Waals surface area contributed by atoms with E-state index in [1.54, 1.807) is 13.1 Å². The third kappa shape index (κ3) is 1.62. The molecule has 1 N–H and O–H groups in total. The highest BCUT2D eigenvalue weighted by Gasteiger charge is 2.45. The Bertz CT molecular complexity index is 432. The topological polar surface area (TPSA) is 84.7 Å². The van der Waals surface area contributed by atoms with Crippen LogP contribution in [0, 0.1) is 0 Å². The van der Waals surface area contributed by atoms with Gasteiger partial charge in [-0.25, -0.2) is 4.79 Å². The number of oxime groups is 1. The van der Waals surface area contributed by atoms with Crippen LogP contribution in [0.5, 0.6) is 0 Å². The number of hydrogen-bond donors (Lipinski definition) is 1. The standard InChI is InChI=1S/C10H11N3O3/c1-2-10(9(14)15)5-7(13-16-10)8-6-11-3-4-12-8/h3-4,6H,2,5H2,1H3,(H,14,15). The fourth-order valence-corrected chi connectivity index (χ4v) is 1.52. The van der Waals surface area contributed by atoms with E-state index in [0.29, 0.717) is 17.8 Å². The van der Waals surface area contributed by atoms with Gasteiger partial charge in [0.25, 0.3) is 0 Å². The molecular weight excluding hydrogens is 210 g/mol. The van der Waals surface area contributed by atoms with Gasteiger partial charge in [-0.15, -0.1) is 0 Å². The SMILES string of the molecule is CCC1(C(=O)O)CC(c2cnccn2)=NO1. The van der Waals surface area contributed by atoms with Gasteiger partial charge in [0.15, 0.2) is 0 Å². The highest BCUT2D eigenvalue weighted by atomic mass is 16.7. The van der Waals surface area contributed by atoms with Crippen LogP contribution in [-0.2, 0) is 9.63 Å². The van der Waals surface area contributed by atoms with E-state index in [9.17, 15) is 4.79 Å². The molecule has 0 radical (unpaired) electrons. The minimum atomic E-state index is -1.24. The quantitative estimate of drug-likeness (QED) is 0.817. The maximum atomic E-state index is 11.1. The lowest BCUT2D eigenvalue weighted by molar-refractivity contribution is -0.162. The van der Waals surface area contributed by atoms with Crippen LogP contribution in [0.1, 0.15) is 25.5 Å². The summed E-state index contributed by atoms with van der Waals surface area (Å²) in [6.45, 7) is 1.75. The van der Waals surface area contributed by atoms with Crippen LogP contribution in [0.4, 0.5) is 0 Å². The Morgan fingerprint density at radius 3 is 2.94 bits per heavy atom. The van der Waals surface area contributed by atoms with Crippen molar-refractivity contribution in [3.8, 4) is 0 Å². The highest BCUT2D eigenvalue weighted by molar-refractivity contribution is 6.02. The fourth-order valence-electron chi connectivity index (χ4n) is 1.52. The molecule has 0 saturated carbocycles. The van der Waals surface area contributed by atoms with Crippen molar-refractivity contribution >= 4 is 11.7 Å². The highest BCUT2D eigenvalue weighted by Crippen LogP contribution is 2.29. The molecule has 0 bridgehead atoms. The lowest BCUT2D eigenvalue weighted by Crippen LogP contribution is -2.38. The molecule has 1 aliphatic rings. The van der Waals surface area contributed by atoms with Gasteiger partial charge in [-0.3, -0.25) is 9.97 Å². The zero-order valence-corrected chi connectivity index (χ0v) is 8.75. The average Bonchev–Trinajstić information content (AvgIpc) is 2.76. The predicted octanol–water partition coefficient (Wildman–Crippen LogP) is 0.834. The summed E-state index contributed by atoms with van der Waals surface area (Å²) in [5.41, 5.74) is -0.163. The van der Waals surface area contributed by atoms with Crippen LogP contribution in [0.3, 0.4) is 0 Å². The first-order valence-corrected chi connectivity index (χ1v) is 4.93. The smallest absolute Gasteiger partial charge is 0.351 e. The van der Waals surface area contributed by atoms with E-state index in [0.717, 1.165) is 0 Å². The summed E-state index contributed by atoms with van der Waals surface area (Å²) < 4.78 is 0. The van der Waals surface area contributed by atoms with Gasteiger partial charge in [-0.05, 0) is 6.42 Å². The lowest BCUT2D eigenvalue weighted by Gasteiger charge is -2.18. The van der Waals surface area contributed by atoms with Crippen LogP contribution >= 0.6 is 0 Å². The van der Waals surface area contributed by atoms with Gasteiger partial charge in [0, 0.05) is 18.8 Å². The number of aromatic nitrogens is 2. The Morgan fingerprint density at radius 2 is 2.44 bits per heavy atom. The van der Waals surface area contributed by atoms with Gasteiger partial charge in [-0.2, -0.15) is 0 Å². The summed E-state index contributed by atoms with van der Waals surface area (Å²) in [4.78, 5) is 24.1. The second-order valence-corrected chi connectivity index (χ2v) is 3.55. The predicted molar refractivity (Wildman–Crippen MR) is 54.9 cm³/mol. The van der Waals surface area contributed by atoms with E-state index in [1.165, 1.54) is 12.4 Å². The second-order valence-electron chi connectivity index (χ2n) is 3.55. The molecule has 6 heteroatoms. The number of rotatable bonds is 3. The summed E-state index contributed by atoms with van der Waals surface area (Å²) in [5, 5.41) is 12.9. The van der Waals surface area contributed by atoms with Crippen molar-refractivity contribution < 1.29 is 14.7 Å². The van der Waals surface area contributed by atoms with Crippen molar-refractivity contribution in [2.24, 2.45) is 5.16 Å². The summed E-state index contributed by atoms with van der Waals surface area (Å²) in [6, 6.07) is 0. The molecule has 84 valence electrons. The third-order valence-corrected chi connectivity index (χ3v) is 2.60. The molecule has 0 saturated heterocycles. The zero-order valence-electron chi connectivity index (χ0n) is 8.75. The third-order valence-electron chi connectivity index (χ3n) is 2.60. The minimum Gasteiger partial charge on any atom is -0.478 e. The molecule has 0 aliphatic carbocycles. The van der Waals surface area contributed by atoms with Gasteiger partial charge >= 0.3 is 5.97 Å². The number of nitrogens with zero attached hydrogens (tertiary/aromatic N) is 3. The first kappa shape index (κ1) is 10.5. The Kier molecular flexibility index (Phi) is 2.55. The molecule has 1 unspecified atom stereocenters. The molecule has 1 aliphatic heterocycles. The molecule has 1 atom stereocenters. The summed E-state index contributed by atoms with van der Waals surface area (Å²) in [7, 11) is 0. The number of carboxylic acids is 1. The van der Waals surface area contributed by atoms with Gasteiger partial charge < -0.3 is 9.94 Å². The lowest BCUT2D eigenvalue weighted by atomic mass is 9.94. The maximum Gasteiger partial charge on any atom is 0.351 e. The molecule has 2 heterocycles. The number of aliphatic carboxylic acids is 1. The van der Waals surface area contributed by atoms with Crippen molar-refractivity contribution in [2.45, 2.75) is 25.4 Å². The second kappa shape index (κ2) is 3.88. The normalized spacial score (nSPS) is 23.7. The molecule has 16 heavy (non-hydrogen) atoms. The van der Waals surface area contributed by atoms with Gasteiger partial charge in [0.2, 0.25) is 5.60 Å². The fraction of sp³-hybridized carbons (Fsp3) is 0.400. The van der Waals surface area contributed by atoms with E-state index in [-0.39, 0.29) is 6.42 Å².